The van der Waals surface area contributed by atoms with Crippen molar-refractivity contribution < 1.29 is 14.1 Å². The van der Waals surface area contributed by atoms with Crippen molar-refractivity contribution in [1.82, 2.24) is 25.0 Å². The maximum Gasteiger partial charge on any atom is 0.240 e. The van der Waals surface area contributed by atoms with E-state index in [1.165, 1.54) is 5.56 Å². The number of benzene rings is 1. The number of rotatable bonds is 7. The van der Waals surface area contributed by atoms with E-state index in [4.69, 9.17) is 9.26 Å². The number of carbonyl (C=O) groups is 1. The molecule has 1 amide bonds. The van der Waals surface area contributed by atoms with Crippen molar-refractivity contribution in [3.05, 3.63) is 60.2 Å². The zero-order chi connectivity index (χ0) is 19.9. The standard InChI is InChI=1S/C21H23N5O3/c27-19(8-7-18-24-21(25-29-18)20-22-11-4-12-23-20)26-13-9-17(10-14-26)28-15-16-5-2-1-3-6-16/h1-6,11-12,17H,7-10,13-15H2. The van der Waals surface area contributed by atoms with Crippen LogP contribution in [0.4, 0.5) is 0 Å². The predicted octanol–water partition coefficient (Wildman–Crippen LogP) is 2.67. The van der Waals surface area contributed by atoms with Gasteiger partial charge in [0.1, 0.15) is 0 Å². The summed E-state index contributed by atoms with van der Waals surface area (Å²) in [6.45, 7) is 2.04. The molecule has 1 aliphatic heterocycles. The van der Waals surface area contributed by atoms with Gasteiger partial charge in [-0.15, -0.1) is 0 Å². The first kappa shape index (κ1) is 19.2. The highest BCUT2D eigenvalue weighted by Crippen LogP contribution is 2.17. The molecule has 0 spiro atoms. The largest absolute Gasteiger partial charge is 0.373 e. The molecule has 8 heteroatoms. The molecule has 0 aliphatic carbocycles. The van der Waals surface area contributed by atoms with Gasteiger partial charge in [-0.3, -0.25) is 4.79 Å². The van der Waals surface area contributed by atoms with Crippen LogP contribution in [0.15, 0.2) is 53.3 Å². The summed E-state index contributed by atoms with van der Waals surface area (Å²) < 4.78 is 11.2. The van der Waals surface area contributed by atoms with Crippen molar-refractivity contribution in [2.45, 2.75) is 38.4 Å². The minimum atomic E-state index is 0.0993. The topological polar surface area (TPSA) is 94.2 Å². The monoisotopic (exact) mass is 393 g/mol. The van der Waals surface area contributed by atoms with Crippen LogP contribution in [0.1, 0.15) is 30.7 Å². The molecule has 0 N–H and O–H groups in total. The molecule has 0 bridgehead atoms. The lowest BCUT2D eigenvalue weighted by molar-refractivity contribution is -0.134. The van der Waals surface area contributed by atoms with Gasteiger partial charge in [-0.25, -0.2) is 9.97 Å². The van der Waals surface area contributed by atoms with Gasteiger partial charge in [0, 0.05) is 38.3 Å². The van der Waals surface area contributed by atoms with Crippen LogP contribution in [0.5, 0.6) is 0 Å². The molecule has 150 valence electrons. The van der Waals surface area contributed by atoms with Crippen molar-refractivity contribution in [3.8, 4) is 11.6 Å². The Bertz CT molecular complexity index is 908. The summed E-state index contributed by atoms with van der Waals surface area (Å²) in [5.41, 5.74) is 1.17. The highest BCUT2D eigenvalue weighted by molar-refractivity contribution is 5.76. The van der Waals surface area contributed by atoms with Gasteiger partial charge >= 0.3 is 0 Å². The van der Waals surface area contributed by atoms with Crippen molar-refractivity contribution in [3.63, 3.8) is 0 Å². The van der Waals surface area contributed by atoms with Gasteiger partial charge in [-0.2, -0.15) is 4.98 Å². The molecule has 0 radical (unpaired) electrons. The summed E-state index contributed by atoms with van der Waals surface area (Å²) >= 11 is 0. The van der Waals surface area contributed by atoms with Gasteiger partial charge in [0.15, 0.2) is 0 Å². The predicted molar refractivity (Wildman–Crippen MR) is 104 cm³/mol. The molecule has 0 atom stereocenters. The van der Waals surface area contributed by atoms with Crippen LogP contribution in [-0.2, 0) is 22.6 Å². The number of aryl methyl sites for hydroxylation is 1. The average Bonchev–Trinajstić information content (AvgIpc) is 3.27. The van der Waals surface area contributed by atoms with Crippen molar-refractivity contribution >= 4 is 5.91 Å². The number of carbonyl (C=O) groups excluding carboxylic acids is 1. The molecule has 3 heterocycles. The van der Waals surface area contributed by atoms with Gasteiger partial charge in [0.05, 0.1) is 12.7 Å². The number of nitrogens with zero attached hydrogens (tertiary/aromatic N) is 5. The molecule has 1 aromatic carbocycles. The summed E-state index contributed by atoms with van der Waals surface area (Å²) in [4.78, 5) is 26.8. The molecule has 0 unspecified atom stereocenters. The fourth-order valence-electron chi connectivity index (χ4n) is 3.29. The van der Waals surface area contributed by atoms with Gasteiger partial charge in [-0.1, -0.05) is 35.5 Å². The van der Waals surface area contributed by atoms with Crippen LogP contribution in [-0.4, -0.2) is 50.1 Å². The maximum absolute atomic E-state index is 12.5. The van der Waals surface area contributed by atoms with Gasteiger partial charge in [0.2, 0.25) is 23.4 Å². The van der Waals surface area contributed by atoms with Crippen LogP contribution in [0, 0.1) is 0 Å². The maximum atomic E-state index is 12.5. The highest BCUT2D eigenvalue weighted by atomic mass is 16.5. The van der Waals surface area contributed by atoms with E-state index in [-0.39, 0.29) is 12.0 Å². The van der Waals surface area contributed by atoms with E-state index in [1.807, 2.05) is 23.1 Å². The van der Waals surface area contributed by atoms with Gasteiger partial charge in [0.25, 0.3) is 0 Å². The number of aromatic nitrogens is 4. The summed E-state index contributed by atoms with van der Waals surface area (Å²) in [5, 5.41) is 3.88. The lowest BCUT2D eigenvalue weighted by Gasteiger charge is -2.32. The Morgan fingerprint density at radius 2 is 1.83 bits per heavy atom. The van der Waals surface area contributed by atoms with Gasteiger partial charge in [-0.05, 0) is 24.5 Å². The molecule has 1 saturated heterocycles. The third-order valence-corrected chi connectivity index (χ3v) is 4.91. The van der Waals surface area contributed by atoms with Crippen molar-refractivity contribution in [1.29, 1.82) is 0 Å². The van der Waals surface area contributed by atoms with Crippen LogP contribution >= 0.6 is 0 Å². The molecule has 2 aromatic heterocycles. The minimum absolute atomic E-state index is 0.0993. The summed E-state index contributed by atoms with van der Waals surface area (Å²) in [6.07, 6.45) is 5.90. The smallest absolute Gasteiger partial charge is 0.240 e. The van der Waals surface area contributed by atoms with E-state index in [0.29, 0.717) is 50.1 Å². The number of hydrogen-bond acceptors (Lipinski definition) is 7. The Morgan fingerprint density at radius 1 is 1.07 bits per heavy atom. The third kappa shape index (κ3) is 5.23. The zero-order valence-corrected chi connectivity index (χ0v) is 16.1. The Hall–Kier alpha value is -3.13. The molecule has 1 fully saturated rings. The SMILES string of the molecule is O=C(CCc1nc(-c2ncccn2)no1)N1CCC(OCc2ccccc2)CC1. The van der Waals surface area contributed by atoms with Crippen LogP contribution < -0.4 is 0 Å². The summed E-state index contributed by atoms with van der Waals surface area (Å²) in [6, 6.07) is 11.9. The summed E-state index contributed by atoms with van der Waals surface area (Å²) in [5.74, 6) is 1.26. The van der Waals surface area contributed by atoms with Crippen molar-refractivity contribution in [2.75, 3.05) is 13.1 Å². The first-order chi connectivity index (χ1) is 14.3. The fourth-order valence-corrected chi connectivity index (χ4v) is 3.29. The Kier molecular flexibility index (Phi) is 6.21. The van der Waals surface area contributed by atoms with E-state index in [2.05, 4.69) is 32.2 Å². The van der Waals surface area contributed by atoms with E-state index in [1.54, 1.807) is 18.5 Å². The second-order valence-corrected chi connectivity index (χ2v) is 6.96. The van der Waals surface area contributed by atoms with Gasteiger partial charge < -0.3 is 14.2 Å². The van der Waals surface area contributed by atoms with E-state index in [0.717, 1.165) is 12.8 Å². The molecular weight excluding hydrogens is 370 g/mol. The molecule has 29 heavy (non-hydrogen) atoms. The lowest BCUT2D eigenvalue weighted by atomic mass is 10.1. The van der Waals surface area contributed by atoms with E-state index < -0.39 is 0 Å². The van der Waals surface area contributed by atoms with E-state index >= 15 is 0 Å². The Balaban J connectivity index is 1.20. The quantitative estimate of drug-likeness (QED) is 0.609. The fraction of sp³-hybridized carbons (Fsp3) is 0.381. The van der Waals surface area contributed by atoms with Crippen LogP contribution in [0.2, 0.25) is 0 Å². The minimum Gasteiger partial charge on any atom is -0.373 e. The van der Waals surface area contributed by atoms with Crippen molar-refractivity contribution in [2.24, 2.45) is 0 Å². The molecule has 1 aliphatic rings. The molecule has 8 nitrogen and oxygen atoms in total. The summed E-state index contributed by atoms with van der Waals surface area (Å²) in [7, 11) is 0. The average molecular weight is 393 g/mol. The number of hydrogen-bond donors (Lipinski definition) is 0. The molecular formula is C21H23N5O3. The van der Waals surface area contributed by atoms with E-state index in [9.17, 15) is 4.79 Å². The normalized spacial score (nSPS) is 14.8. The molecule has 4 rings (SSSR count). The zero-order valence-electron chi connectivity index (χ0n) is 16.1. The third-order valence-electron chi connectivity index (χ3n) is 4.91. The second kappa shape index (κ2) is 9.38. The van der Waals surface area contributed by atoms with Crippen LogP contribution in [0.3, 0.4) is 0 Å². The molecule has 3 aromatic rings. The second-order valence-electron chi connectivity index (χ2n) is 6.96. The molecule has 0 saturated carbocycles. The van der Waals surface area contributed by atoms with Crippen LogP contribution in [0.25, 0.3) is 11.6 Å². The lowest BCUT2D eigenvalue weighted by Crippen LogP contribution is -2.40. The Morgan fingerprint density at radius 3 is 2.59 bits per heavy atom. The number of likely N-dealkylation sites (tertiary alicyclic amines) is 1. The number of amides is 1. The number of piperidine rings is 1. The first-order valence-electron chi connectivity index (χ1n) is 9.81. The highest BCUT2D eigenvalue weighted by Gasteiger charge is 2.23. The number of ether oxygens (including phenoxy) is 1. The Labute approximate surface area is 168 Å². The first-order valence-corrected chi connectivity index (χ1v) is 9.81.